The molecule has 2 aromatic rings. The van der Waals surface area contributed by atoms with Gasteiger partial charge in [0.05, 0.1) is 5.69 Å². The summed E-state index contributed by atoms with van der Waals surface area (Å²) >= 11 is 0. The summed E-state index contributed by atoms with van der Waals surface area (Å²) in [5, 5.41) is 2.68. The minimum Gasteiger partial charge on any atom is -0.332 e. The molecule has 7 nitrogen and oxygen atoms in total. The van der Waals surface area contributed by atoms with Crippen LogP contribution in [0.15, 0.2) is 54.7 Å². The van der Waals surface area contributed by atoms with E-state index in [1.807, 2.05) is 51.1 Å². The fraction of sp³-hybridized carbons (Fsp3) is 0.364. The lowest BCUT2D eigenvalue weighted by Crippen LogP contribution is -2.50. The van der Waals surface area contributed by atoms with Gasteiger partial charge in [0.2, 0.25) is 5.91 Å². The second-order valence-corrected chi connectivity index (χ2v) is 8.30. The summed E-state index contributed by atoms with van der Waals surface area (Å²) in [5.41, 5.74) is -0.349. The van der Waals surface area contributed by atoms with Crippen LogP contribution in [-0.2, 0) is 21.7 Å². The number of urea groups is 1. The van der Waals surface area contributed by atoms with E-state index >= 15 is 0 Å². The fourth-order valence-electron chi connectivity index (χ4n) is 3.36. The predicted octanol–water partition coefficient (Wildman–Crippen LogP) is 2.68. The molecular formula is C22H26N4O3. The van der Waals surface area contributed by atoms with Gasteiger partial charge in [-0.15, -0.1) is 0 Å². The summed E-state index contributed by atoms with van der Waals surface area (Å²) in [5.74, 6) is -0.779. The Labute approximate surface area is 170 Å². The van der Waals surface area contributed by atoms with Crippen molar-refractivity contribution in [1.82, 2.24) is 20.1 Å². The molecule has 1 aliphatic heterocycles. The first-order valence-corrected chi connectivity index (χ1v) is 9.53. The van der Waals surface area contributed by atoms with Gasteiger partial charge in [0.15, 0.2) is 5.54 Å². The van der Waals surface area contributed by atoms with Crippen LogP contribution in [0.4, 0.5) is 4.79 Å². The third-order valence-electron chi connectivity index (χ3n) is 5.04. The van der Waals surface area contributed by atoms with E-state index < -0.39 is 23.0 Å². The highest BCUT2D eigenvalue weighted by Gasteiger charge is 2.50. The molecule has 3 rings (SSSR count). The number of nitrogens with zero attached hydrogens (tertiary/aromatic N) is 3. The normalized spacial score (nSPS) is 19.2. The van der Waals surface area contributed by atoms with Crippen molar-refractivity contribution in [2.75, 3.05) is 6.54 Å². The number of rotatable bonds is 5. The maximum atomic E-state index is 13.1. The maximum absolute atomic E-state index is 13.1. The first-order valence-electron chi connectivity index (χ1n) is 9.53. The molecule has 1 N–H and O–H groups in total. The Hall–Kier alpha value is -3.22. The molecule has 152 valence electrons. The van der Waals surface area contributed by atoms with Crippen LogP contribution in [0.2, 0.25) is 0 Å². The van der Waals surface area contributed by atoms with E-state index in [4.69, 9.17) is 0 Å². The summed E-state index contributed by atoms with van der Waals surface area (Å²) in [4.78, 5) is 45.6. The number of imide groups is 1. The van der Waals surface area contributed by atoms with E-state index in [2.05, 4.69) is 10.3 Å². The molecule has 0 saturated carbocycles. The van der Waals surface area contributed by atoms with Gasteiger partial charge < -0.3 is 10.2 Å². The number of benzene rings is 1. The van der Waals surface area contributed by atoms with Crippen molar-refractivity contribution in [3.8, 4) is 0 Å². The lowest BCUT2D eigenvalue weighted by Gasteiger charge is -2.36. The molecule has 1 aromatic heterocycles. The number of carbonyl (C=O) groups is 3. The third-order valence-corrected chi connectivity index (χ3v) is 5.04. The second kappa shape index (κ2) is 7.66. The van der Waals surface area contributed by atoms with Crippen molar-refractivity contribution >= 4 is 17.8 Å². The molecule has 0 bridgehead atoms. The second-order valence-electron chi connectivity index (χ2n) is 8.30. The zero-order valence-corrected chi connectivity index (χ0v) is 17.2. The molecule has 1 aliphatic rings. The van der Waals surface area contributed by atoms with Crippen LogP contribution < -0.4 is 5.32 Å². The summed E-state index contributed by atoms with van der Waals surface area (Å²) in [6.07, 6.45) is 1.56. The van der Waals surface area contributed by atoms with Crippen molar-refractivity contribution < 1.29 is 14.4 Å². The molecule has 2 heterocycles. The van der Waals surface area contributed by atoms with Crippen molar-refractivity contribution in [3.63, 3.8) is 0 Å². The summed E-state index contributed by atoms with van der Waals surface area (Å²) in [7, 11) is 0. The van der Waals surface area contributed by atoms with Crippen molar-refractivity contribution in [2.45, 2.75) is 45.3 Å². The smallest absolute Gasteiger partial charge is 0.325 e. The molecule has 1 unspecified atom stereocenters. The van der Waals surface area contributed by atoms with Gasteiger partial charge in [-0.2, -0.15) is 0 Å². The number of nitrogens with one attached hydrogen (secondary N) is 1. The number of hydrogen-bond donors (Lipinski definition) is 1. The third kappa shape index (κ3) is 4.13. The molecule has 29 heavy (non-hydrogen) atoms. The van der Waals surface area contributed by atoms with Crippen LogP contribution in [0, 0.1) is 0 Å². The zero-order chi connectivity index (χ0) is 21.2. The molecule has 1 aromatic carbocycles. The Kier molecular flexibility index (Phi) is 5.42. The van der Waals surface area contributed by atoms with Gasteiger partial charge in [0.25, 0.3) is 5.91 Å². The zero-order valence-electron chi connectivity index (χ0n) is 17.2. The Bertz CT molecular complexity index is 909. The Balaban J connectivity index is 1.81. The van der Waals surface area contributed by atoms with Gasteiger partial charge >= 0.3 is 6.03 Å². The van der Waals surface area contributed by atoms with Crippen LogP contribution >= 0.6 is 0 Å². The first kappa shape index (κ1) is 20.5. The molecule has 1 fully saturated rings. The Morgan fingerprint density at radius 1 is 1.10 bits per heavy atom. The standard InChI is InChI=1S/C22H26N4O3/c1-21(2,3)26(14-16-10-6-5-7-11-16)18(27)15-25-19(28)22(4,24-20(25)29)17-12-8-9-13-23-17/h5-13H,14-15H2,1-4H3,(H,24,29). The number of pyridine rings is 1. The van der Waals surface area contributed by atoms with Crippen molar-refractivity contribution in [3.05, 3.63) is 66.0 Å². The quantitative estimate of drug-likeness (QED) is 0.791. The number of carbonyl (C=O) groups excluding carboxylic acids is 3. The average Bonchev–Trinajstić information content (AvgIpc) is 2.90. The van der Waals surface area contributed by atoms with Crippen molar-refractivity contribution in [1.29, 1.82) is 0 Å². The molecule has 7 heteroatoms. The van der Waals surface area contributed by atoms with E-state index in [1.165, 1.54) is 0 Å². The minimum atomic E-state index is -1.29. The van der Waals surface area contributed by atoms with Gasteiger partial charge in [0, 0.05) is 18.3 Å². The summed E-state index contributed by atoms with van der Waals surface area (Å²) in [6, 6.07) is 14.2. The first-order chi connectivity index (χ1) is 13.6. The van der Waals surface area contributed by atoms with Crippen LogP contribution in [0.3, 0.4) is 0 Å². The van der Waals surface area contributed by atoms with Crippen LogP contribution in [0.1, 0.15) is 39.0 Å². The Morgan fingerprint density at radius 3 is 2.34 bits per heavy atom. The molecule has 0 aliphatic carbocycles. The summed E-state index contributed by atoms with van der Waals surface area (Å²) < 4.78 is 0. The fourth-order valence-corrected chi connectivity index (χ4v) is 3.36. The molecule has 0 radical (unpaired) electrons. The number of amides is 4. The average molecular weight is 394 g/mol. The van der Waals surface area contributed by atoms with Gasteiger partial charge in [0.1, 0.15) is 6.54 Å². The summed E-state index contributed by atoms with van der Waals surface area (Å²) in [6.45, 7) is 7.46. The van der Waals surface area contributed by atoms with E-state index in [0.29, 0.717) is 12.2 Å². The van der Waals surface area contributed by atoms with E-state index in [0.717, 1.165) is 10.5 Å². The van der Waals surface area contributed by atoms with Crippen LogP contribution in [0.25, 0.3) is 0 Å². The molecule has 1 saturated heterocycles. The van der Waals surface area contributed by atoms with Crippen LogP contribution in [-0.4, -0.2) is 44.7 Å². The highest BCUT2D eigenvalue weighted by molar-refractivity contribution is 6.09. The highest BCUT2D eigenvalue weighted by Crippen LogP contribution is 2.27. The largest absolute Gasteiger partial charge is 0.332 e. The van der Waals surface area contributed by atoms with Crippen molar-refractivity contribution in [2.24, 2.45) is 0 Å². The van der Waals surface area contributed by atoms with Crippen LogP contribution in [0.5, 0.6) is 0 Å². The highest BCUT2D eigenvalue weighted by atomic mass is 16.2. The van der Waals surface area contributed by atoms with Gasteiger partial charge in [-0.3, -0.25) is 19.5 Å². The van der Waals surface area contributed by atoms with E-state index in [9.17, 15) is 14.4 Å². The number of hydrogen-bond acceptors (Lipinski definition) is 4. The monoisotopic (exact) mass is 394 g/mol. The number of aromatic nitrogens is 1. The van der Waals surface area contributed by atoms with Gasteiger partial charge in [-0.05, 0) is 45.4 Å². The minimum absolute atomic E-state index is 0.296. The topological polar surface area (TPSA) is 82.6 Å². The lowest BCUT2D eigenvalue weighted by atomic mass is 9.97. The lowest BCUT2D eigenvalue weighted by molar-refractivity contribution is -0.142. The molecule has 1 atom stereocenters. The predicted molar refractivity (Wildman–Crippen MR) is 109 cm³/mol. The van der Waals surface area contributed by atoms with E-state index in [1.54, 1.807) is 36.2 Å². The Morgan fingerprint density at radius 2 is 1.76 bits per heavy atom. The van der Waals surface area contributed by atoms with Gasteiger partial charge in [-0.25, -0.2) is 4.79 Å². The molecule has 0 spiro atoms. The maximum Gasteiger partial charge on any atom is 0.325 e. The molecule has 4 amide bonds. The van der Waals surface area contributed by atoms with Gasteiger partial charge in [-0.1, -0.05) is 36.4 Å². The molecular weight excluding hydrogens is 368 g/mol. The SMILES string of the molecule is CC1(c2ccccn2)NC(=O)N(CC(=O)N(Cc2ccccc2)C(C)(C)C)C1=O. The van der Waals surface area contributed by atoms with E-state index in [-0.39, 0.29) is 12.5 Å².